The van der Waals surface area contributed by atoms with Crippen LogP contribution in [0.3, 0.4) is 0 Å². The smallest absolute Gasteiger partial charge is 0.227 e. The van der Waals surface area contributed by atoms with Crippen molar-refractivity contribution in [2.24, 2.45) is 16.7 Å². The maximum Gasteiger partial charge on any atom is 0.227 e. The van der Waals surface area contributed by atoms with Crippen LogP contribution < -0.4 is 0 Å². The van der Waals surface area contributed by atoms with Crippen molar-refractivity contribution in [1.29, 1.82) is 0 Å². The van der Waals surface area contributed by atoms with E-state index in [4.69, 9.17) is 16.0 Å². The van der Waals surface area contributed by atoms with Gasteiger partial charge in [0.05, 0.1) is 25.2 Å². The number of rotatable bonds is 0. The van der Waals surface area contributed by atoms with Crippen LogP contribution in [0.15, 0.2) is 23.4 Å². The van der Waals surface area contributed by atoms with Gasteiger partial charge in [0, 0.05) is 11.8 Å². The van der Waals surface area contributed by atoms with E-state index < -0.39 is 16.6 Å². The van der Waals surface area contributed by atoms with Gasteiger partial charge < -0.3 is 14.3 Å². The Labute approximate surface area is 125 Å². The van der Waals surface area contributed by atoms with Crippen LogP contribution in [0.25, 0.3) is 4.85 Å². The Morgan fingerprint density at radius 2 is 1.90 bits per heavy atom. The van der Waals surface area contributed by atoms with Crippen LogP contribution in [0.5, 0.6) is 0 Å². The summed E-state index contributed by atoms with van der Waals surface area (Å²) in [5.74, 6) is -0.575. The molecule has 4 heteroatoms. The highest BCUT2D eigenvalue weighted by atomic mass is 16.7. The zero-order valence-electron chi connectivity index (χ0n) is 13.0. The van der Waals surface area contributed by atoms with E-state index in [0.717, 1.165) is 12.0 Å². The van der Waals surface area contributed by atoms with E-state index in [-0.39, 0.29) is 17.4 Å². The number of carbonyl (C=O) groups is 1. The van der Waals surface area contributed by atoms with Crippen LogP contribution in [-0.4, -0.2) is 24.8 Å². The Morgan fingerprint density at radius 1 is 1.29 bits per heavy atom. The highest BCUT2D eigenvalue weighted by Crippen LogP contribution is 2.60. The van der Waals surface area contributed by atoms with E-state index in [2.05, 4.69) is 17.8 Å². The third-order valence-electron chi connectivity index (χ3n) is 5.17. The summed E-state index contributed by atoms with van der Waals surface area (Å²) >= 11 is 0. The fraction of sp³-hybridized carbons (Fsp3) is 0.647. The molecule has 1 spiro atoms. The maximum absolute atomic E-state index is 12.6. The first-order chi connectivity index (χ1) is 9.77. The highest BCUT2D eigenvalue weighted by molar-refractivity contribution is 6.04. The molecule has 0 aromatic rings. The van der Waals surface area contributed by atoms with E-state index in [9.17, 15) is 4.79 Å². The predicted molar refractivity (Wildman–Crippen MR) is 78.1 cm³/mol. The van der Waals surface area contributed by atoms with Crippen LogP contribution in [0, 0.1) is 23.3 Å². The van der Waals surface area contributed by atoms with Gasteiger partial charge in [-0.25, -0.2) is 4.85 Å². The van der Waals surface area contributed by atoms with Crippen molar-refractivity contribution in [2.45, 2.75) is 39.9 Å². The number of Topliss-reactive ketones (excluding diaryl/α,β-unsaturated/α-hetero) is 1. The minimum Gasteiger partial charge on any atom is -0.346 e. The van der Waals surface area contributed by atoms with Gasteiger partial charge in [-0.3, -0.25) is 0 Å². The Bertz CT molecular complexity index is 602. The van der Waals surface area contributed by atoms with Crippen LogP contribution in [0.4, 0.5) is 0 Å². The van der Waals surface area contributed by atoms with Gasteiger partial charge in [0.15, 0.2) is 11.6 Å². The van der Waals surface area contributed by atoms with Gasteiger partial charge >= 0.3 is 0 Å². The fourth-order valence-corrected chi connectivity index (χ4v) is 4.14. The lowest BCUT2D eigenvalue weighted by atomic mass is 9.55. The molecule has 0 N–H and O–H groups in total. The molecule has 0 radical (unpaired) electrons. The number of hydrogen-bond donors (Lipinski definition) is 0. The SMILES string of the molecule is [C-]#[N+]C1=C[C@@]2(C)C(=C[C@@H](C)CC23OCCO3)C(C)(C)C1=O. The standard InChI is InChI=1S/C17H21NO3/c1-11-8-13-15(2,3)14(19)12(18-5)10-16(13,4)17(9-11)20-6-7-21-17/h8,10-11H,6-7,9H2,1-4H3/t11-,16+/m1/s1. The van der Waals surface area contributed by atoms with E-state index in [1.54, 1.807) is 6.08 Å². The van der Waals surface area contributed by atoms with E-state index in [0.29, 0.717) is 13.2 Å². The quantitative estimate of drug-likeness (QED) is 0.507. The molecule has 1 fully saturated rings. The van der Waals surface area contributed by atoms with Crippen molar-refractivity contribution in [3.63, 3.8) is 0 Å². The van der Waals surface area contributed by atoms with Crippen LogP contribution >= 0.6 is 0 Å². The molecule has 112 valence electrons. The first-order valence-corrected chi connectivity index (χ1v) is 7.43. The average Bonchev–Trinajstić information content (AvgIpc) is 2.88. The third kappa shape index (κ3) is 1.71. The molecule has 1 heterocycles. The van der Waals surface area contributed by atoms with Gasteiger partial charge in [0.25, 0.3) is 0 Å². The predicted octanol–water partition coefficient (Wildman–Crippen LogP) is 3.11. The topological polar surface area (TPSA) is 39.9 Å². The molecule has 0 bridgehead atoms. The van der Waals surface area contributed by atoms with Crippen molar-refractivity contribution >= 4 is 5.78 Å². The number of nitrogens with zero attached hydrogens (tertiary/aromatic N) is 1. The lowest BCUT2D eigenvalue weighted by Crippen LogP contribution is -2.56. The van der Waals surface area contributed by atoms with Crippen LogP contribution in [0.1, 0.15) is 34.1 Å². The number of ketones is 1. The molecule has 1 saturated heterocycles. The monoisotopic (exact) mass is 287 g/mol. The second kappa shape index (κ2) is 4.28. The summed E-state index contributed by atoms with van der Waals surface area (Å²) in [6, 6.07) is 0. The van der Waals surface area contributed by atoms with Gasteiger partial charge in [-0.1, -0.05) is 32.9 Å². The molecule has 0 aromatic heterocycles. The first kappa shape index (κ1) is 14.5. The van der Waals surface area contributed by atoms with E-state index in [1.165, 1.54) is 0 Å². The largest absolute Gasteiger partial charge is 0.346 e. The Balaban J connectivity index is 2.28. The van der Waals surface area contributed by atoms with Crippen LogP contribution in [0.2, 0.25) is 0 Å². The summed E-state index contributed by atoms with van der Waals surface area (Å²) in [6.45, 7) is 16.4. The maximum atomic E-state index is 12.6. The first-order valence-electron chi connectivity index (χ1n) is 7.43. The number of fused-ring (bicyclic) bond motifs is 2. The summed E-state index contributed by atoms with van der Waals surface area (Å²) in [5.41, 5.74) is -0.0334. The van der Waals surface area contributed by atoms with E-state index >= 15 is 0 Å². The Hall–Kier alpha value is -1.44. The molecule has 3 aliphatic rings. The lowest BCUT2D eigenvalue weighted by molar-refractivity contribution is -0.224. The lowest BCUT2D eigenvalue weighted by Gasteiger charge is -2.54. The number of hydrogen-bond acceptors (Lipinski definition) is 3. The molecule has 2 aliphatic carbocycles. The Morgan fingerprint density at radius 3 is 2.48 bits per heavy atom. The zero-order chi connectivity index (χ0) is 15.5. The molecule has 0 amide bonds. The number of allylic oxidation sites excluding steroid dienone is 2. The van der Waals surface area contributed by atoms with Gasteiger partial charge in [0.2, 0.25) is 5.70 Å². The summed E-state index contributed by atoms with van der Waals surface area (Å²) < 4.78 is 12.0. The van der Waals surface area contributed by atoms with Crippen molar-refractivity contribution < 1.29 is 14.3 Å². The highest BCUT2D eigenvalue weighted by Gasteiger charge is 2.62. The van der Waals surface area contributed by atoms with E-state index in [1.807, 2.05) is 20.8 Å². The summed E-state index contributed by atoms with van der Waals surface area (Å²) in [5, 5.41) is 0. The molecule has 21 heavy (non-hydrogen) atoms. The van der Waals surface area contributed by atoms with Crippen molar-refractivity contribution in [3.8, 4) is 0 Å². The van der Waals surface area contributed by atoms with Gasteiger partial charge in [0.1, 0.15) is 0 Å². The molecular formula is C17H21NO3. The van der Waals surface area contributed by atoms with Gasteiger partial charge in [-0.05, 0) is 18.4 Å². The summed E-state index contributed by atoms with van der Waals surface area (Å²) in [4.78, 5) is 16.0. The molecule has 4 nitrogen and oxygen atoms in total. The third-order valence-corrected chi connectivity index (χ3v) is 5.17. The normalized spacial score (nSPS) is 36.7. The minimum atomic E-state index is -0.746. The van der Waals surface area contributed by atoms with Crippen molar-refractivity contribution in [1.82, 2.24) is 0 Å². The second-order valence-corrected chi connectivity index (χ2v) is 7.01. The average molecular weight is 287 g/mol. The summed E-state index contributed by atoms with van der Waals surface area (Å²) in [6.07, 6.45) is 4.70. The number of carbonyl (C=O) groups excluding carboxylic acids is 1. The molecule has 0 aromatic carbocycles. The van der Waals surface area contributed by atoms with Gasteiger partial charge in [-0.2, -0.15) is 0 Å². The number of ether oxygens (including phenoxy) is 2. The van der Waals surface area contributed by atoms with Gasteiger partial charge in [-0.15, -0.1) is 0 Å². The van der Waals surface area contributed by atoms with Crippen molar-refractivity contribution in [3.05, 3.63) is 34.8 Å². The molecule has 0 unspecified atom stereocenters. The fourth-order valence-electron chi connectivity index (χ4n) is 4.14. The molecule has 3 rings (SSSR count). The molecular weight excluding hydrogens is 266 g/mol. The second-order valence-electron chi connectivity index (χ2n) is 7.01. The molecule has 0 saturated carbocycles. The zero-order valence-corrected chi connectivity index (χ0v) is 13.0. The summed E-state index contributed by atoms with van der Waals surface area (Å²) in [7, 11) is 0. The van der Waals surface area contributed by atoms with Crippen molar-refractivity contribution in [2.75, 3.05) is 13.2 Å². The molecule has 1 aliphatic heterocycles. The minimum absolute atomic E-state index is 0.108. The van der Waals surface area contributed by atoms with Crippen LogP contribution in [-0.2, 0) is 14.3 Å². The molecule has 2 atom stereocenters. The Kier molecular flexibility index (Phi) is 2.96.